The van der Waals surface area contributed by atoms with Gasteiger partial charge in [0.05, 0.1) is 32.3 Å². The van der Waals surface area contributed by atoms with Gasteiger partial charge in [-0.2, -0.15) is 0 Å². The number of hydrogen-bond donors (Lipinski definition) is 1. The van der Waals surface area contributed by atoms with Crippen LogP contribution in [0.5, 0.6) is 0 Å². The van der Waals surface area contributed by atoms with E-state index >= 15 is 0 Å². The molecule has 0 aromatic carbocycles. The second-order valence-corrected chi connectivity index (χ2v) is 5.64. The Morgan fingerprint density at radius 2 is 1.48 bits per heavy atom. The molecule has 1 N–H and O–H groups in total. The highest BCUT2D eigenvalue weighted by Crippen LogP contribution is 2.15. The summed E-state index contributed by atoms with van der Waals surface area (Å²) in [5.41, 5.74) is 0. The molecule has 5 nitrogen and oxygen atoms in total. The van der Waals surface area contributed by atoms with Crippen molar-refractivity contribution in [3.05, 3.63) is 0 Å². The van der Waals surface area contributed by atoms with Crippen LogP contribution < -0.4 is 0 Å². The standard InChI is InChI=1S/C16H32O5/c1-4-5-7-19-9-11-21-12-10-20-8-6-15(16(17)18)13-14(2)3/h14-15H,4-13H2,1-3H3,(H,17,18). The Kier molecular flexibility index (Phi) is 13.9. The Morgan fingerprint density at radius 1 is 0.952 bits per heavy atom. The van der Waals surface area contributed by atoms with Crippen molar-refractivity contribution in [1.29, 1.82) is 0 Å². The lowest BCUT2D eigenvalue weighted by molar-refractivity contribution is -0.143. The average molecular weight is 304 g/mol. The Balaban J connectivity index is 3.36. The molecular weight excluding hydrogens is 272 g/mol. The van der Waals surface area contributed by atoms with Gasteiger partial charge in [-0.1, -0.05) is 27.2 Å². The molecule has 0 saturated carbocycles. The third-order valence-electron chi connectivity index (χ3n) is 3.10. The van der Waals surface area contributed by atoms with Crippen molar-refractivity contribution in [2.75, 3.05) is 39.6 Å². The van der Waals surface area contributed by atoms with Crippen LogP contribution in [0, 0.1) is 11.8 Å². The molecule has 0 saturated heterocycles. The highest BCUT2D eigenvalue weighted by atomic mass is 16.5. The van der Waals surface area contributed by atoms with Crippen molar-refractivity contribution in [2.45, 2.75) is 46.5 Å². The zero-order valence-electron chi connectivity index (χ0n) is 13.8. The molecule has 0 aliphatic carbocycles. The second-order valence-electron chi connectivity index (χ2n) is 5.64. The van der Waals surface area contributed by atoms with Crippen molar-refractivity contribution in [2.24, 2.45) is 11.8 Å². The number of unbranched alkanes of at least 4 members (excludes halogenated alkanes) is 1. The first-order valence-electron chi connectivity index (χ1n) is 8.04. The Labute approximate surface area is 129 Å². The van der Waals surface area contributed by atoms with Crippen molar-refractivity contribution in [3.8, 4) is 0 Å². The summed E-state index contributed by atoms with van der Waals surface area (Å²) in [4.78, 5) is 11.1. The highest BCUT2D eigenvalue weighted by Gasteiger charge is 2.18. The van der Waals surface area contributed by atoms with Gasteiger partial charge in [-0.15, -0.1) is 0 Å². The van der Waals surface area contributed by atoms with E-state index in [0.717, 1.165) is 19.4 Å². The van der Waals surface area contributed by atoms with Crippen molar-refractivity contribution in [3.63, 3.8) is 0 Å². The van der Waals surface area contributed by atoms with E-state index in [2.05, 4.69) is 6.92 Å². The van der Waals surface area contributed by atoms with Crippen LogP contribution in [-0.4, -0.2) is 50.7 Å². The molecule has 0 fully saturated rings. The summed E-state index contributed by atoms with van der Waals surface area (Å²) in [5, 5.41) is 9.09. The largest absolute Gasteiger partial charge is 0.481 e. The number of rotatable bonds is 15. The maximum atomic E-state index is 11.1. The third-order valence-corrected chi connectivity index (χ3v) is 3.10. The number of carboxylic acids is 1. The molecule has 5 heteroatoms. The van der Waals surface area contributed by atoms with E-state index in [9.17, 15) is 4.79 Å². The van der Waals surface area contributed by atoms with Gasteiger partial charge in [0.25, 0.3) is 0 Å². The van der Waals surface area contributed by atoms with Gasteiger partial charge in [0.15, 0.2) is 0 Å². The molecule has 0 heterocycles. The third kappa shape index (κ3) is 14.1. The molecule has 0 radical (unpaired) electrons. The number of carboxylic acid groups (broad SMARTS) is 1. The molecule has 1 atom stereocenters. The maximum absolute atomic E-state index is 11.1. The fraction of sp³-hybridized carbons (Fsp3) is 0.938. The van der Waals surface area contributed by atoms with Crippen LogP contribution in [0.15, 0.2) is 0 Å². The fourth-order valence-corrected chi connectivity index (χ4v) is 1.93. The molecule has 0 aliphatic rings. The monoisotopic (exact) mass is 304 g/mol. The van der Waals surface area contributed by atoms with E-state index in [1.165, 1.54) is 0 Å². The van der Waals surface area contributed by atoms with Crippen molar-refractivity contribution in [1.82, 2.24) is 0 Å². The SMILES string of the molecule is CCCCOCCOCCOCCC(CC(C)C)C(=O)O. The molecule has 0 amide bonds. The number of carbonyl (C=O) groups is 1. The second kappa shape index (κ2) is 14.3. The number of hydrogen-bond acceptors (Lipinski definition) is 4. The van der Waals surface area contributed by atoms with Crippen LogP contribution in [0.2, 0.25) is 0 Å². The molecule has 0 spiro atoms. The van der Waals surface area contributed by atoms with Gasteiger partial charge in [-0.05, 0) is 25.2 Å². The van der Waals surface area contributed by atoms with Crippen LogP contribution >= 0.6 is 0 Å². The Hall–Kier alpha value is -0.650. The first-order chi connectivity index (χ1) is 10.1. The van der Waals surface area contributed by atoms with E-state index in [0.29, 0.717) is 51.8 Å². The predicted molar refractivity (Wildman–Crippen MR) is 82.6 cm³/mol. The Morgan fingerprint density at radius 3 is 1.95 bits per heavy atom. The minimum absolute atomic E-state index is 0.308. The van der Waals surface area contributed by atoms with E-state index in [-0.39, 0.29) is 5.92 Å². The molecule has 0 aromatic heterocycles. The maximum Gasteiger partial charge on any atom is 0.306 e. The lowest BCUT2D eigenvalue weighted by atomic mass is 9.95. The van der Waals surface area contributed by atoms with E-state index in [1.54, 1.807) is 0 Å². The minimum Gasteiger partial charge on any atom is -0.481 e. The van der Waals surface area contributed by atoms with Crippen molar-refractivity contribution < 1.29 is 24.1 Å². The lowest BCUT2D eigenvalue weighted by Gasteiger charge is -2.14. The summed E-state index contributed by atoms with van der Waals surface area (Å²) in [6.07, 6.45) is 3.49. The van der Waals surface area contributed by atoms with Crippen LogP contribution in [0.4, 0.5) is 0 Å². The zero-order valence-corrected chi connectivity index (χ0v) is 13.8. The van der Waals surface area contributed by atoms with Gasteiger partial charge in [-0.3, -0.25) is 4.79 Å². The summed E-state index contributed by atoms with van der Waals surface area (Å²) >= 11 is 0. The molecule has 1 unspecified atom stereocenters. The summed E-state index contributed by atoms with van der Waals surface area (Å²) in [5.74, 6) is -0.646. The van der Waals surface area contributed by atoms with Gasteiger partial charge >= 0.3 is 5.97 Å². The van der Waals surface area contributed by atoms with Crippen LogP contribution in [0.1, 0.15) is 46.5 Å². The fourth-order valence-electron chi connectivity index (χ4n) is 1.93. The van der Waals surface area contributed by atoms with Crippen LogP contribution in [0.3, 0.4) is 0 Å². The van der Waals surface area contributed by atoms with Crippen molar-refractivity contribution >= 4 is 5.97 Å². The summed E-state index contributed by atoms with van der Waals surface area (Å²) in [6, 6.07) is 0. The summed E-state index contributed by atoms with van der Waals surface area (Å²) in [6.45, 7) is 9.70. The quantitative estimate of drug-likeness (QED) is 0.471. The topological polar surface area (TPSA) is 65.0 Å². The van der Waals surface area contributed by atoms with Gasteiger partial charge in [0.1, 0.15) is 0 Å². The van der Waals surface area contributed by atoms with Crippen LogP contribution in [0.25, 0.3) is 0 Å². The minimum atomic E-state index is -0.729. The van der Waals surface area contributed by atoms with E-state index in [4.69, 9.17) is 19.3 Å². The van der Waals surface area contributed by atoms with Gasteiger partial charge in [-0.25, -0.2) is 0 Å². The van der Waals surface area contributed by atoms with Crippen LogP contribution in [-0.2, 0) is 19.0 Å². The smallest absolute Gasteiger partial charge is 0.306 e. The predicted octanol–water partition coefficient (Wildman–Crippen LogP) is 2.97. The van der Waals surface area contributed by atoms with E-state index < -0.39 is 5.97 Å². The Bertz CT molecular complexity index is 243. The molecule has 0 aromatic rings. The number of ether oxygens (including phenoxy) is 3. The average Bonchev–Trinajstić information content (AvgIpc) is 2.42. The molecule has 0 bridgehead atoms. The molecule has 126 valence electrons. The molecule has 21 heavy (non-hydrogen) atoms. The number of aliphatic carboxylic acids is 1. The highest BCUT2D eigenvalue weighted by molar-refractivity contribution is 5.69. The molecular formula is C16H32O5. The van der Waals surface area contributed by atoms with Gasteiger partial charge in [0.2, 0.25) is 0 Å². The molecule has 0 aliphatic heterocycles. The first kappa shape index (κ1) is 20.3. The lowest BCUT2D eigenvalue weighted by Crippen LogP contribution is -2.19. The zero-order chi connectivity index (χ0) is 15.9. The normalized spacial score (nSPS) is 12.8. The first-order valence-corrected chi connectivity index (χ1v) is 8.04. The van der Waals surface area contributed by atoms with Gasteiger partial charge in [0, 0.05) is 13.2 Å². The summed E-state index contributed by atoms with van der Waals surface area (Å²) in [7, 11) is 0. The molecule has 0 rings (SSSR count). The van der Waals surface area contributed by atoms with E-state index in [1.807, 2.05) is 13.8 Å². The summed E-state index contributed by atoms with van der Waals surface area (Å²) < 4.78 is 16.1. The van der Waals surface area contributed by atoms with Gasteiger partial charge < -0.3 is 19.3 Å².